The highest BCUT2D eigenvalue weighted by atomic mass is 79.9. The van der Waals surface area contributed by atoms with Gasteiger partial charge in [0, 0.05) is 13.1 Å². The van der Waals surface area contributed by atoms with Gasteiger partial charge in [0.25, 0.3) is 0 Å². The number of aromatic nitrogens is 1. The highest BCUT2D eigenvalue weighted by Crippen LogP contribution is 2.30. The summed E-state index contributed by atoms with van der Waals surface area (Å²) in [7, 11) is 1.42. The van der Waals surface area contributed by atoms with Crippen LogP contribution >= 0.6 is 15.9 Å². The summed E-state index contributed by atoms with van der Waals surface area (Å²) in [6.07, 6.45) is 2.41. The van der Waals surface area contributed by atoms with Crippen molar-refractivity contribution in [3.63, 3.8) is 0 Å². The molecule has 2 N–H and O–H groups in total. The second-order valence-electron chi connectivity index (χ2n) is 4.03. The molecule has 6 heteroatoms. The smallest absolute Gasteiger partial charge is 0.310 e. The van der Waals surface area contributed by atoms with Crippen molar-refractivity contribution in [1.82, 2.24) is 4.98 Å². The summed E-state index contributed by atoms with van der Waals surface area (Å²) in [5.41, 5.74) is 6.25. The number of nitrogens with two attached hydrogens (primary N) is 1. The third-order valence-corrected chi connectivity index (χ3v) is 3.45. The lowest BCUT2D eigenvalue weighted by Gasteiger charge is -2.18. The molecule has 0 bridgehead atoms. The number of ether oxygens (including phenoxy) is 1. The Labute approximate surface area is 108 Å². The summed E-state index contributed by atoms with van der Waals surface area (Å²) in [6, 6.07) is 1.81. The van der Waals surface area contributed by atoms with Crippen LogP contribution in [0.1, 0.15) is 6.42 Å². The number of methoxy groups -OCH3 is 1. The molecule has 1 fully saturated rings. The molecule has 2 rings (SSSR count). The van der Waals surface area contributed by atoms with Crippen LogP contribution in [-0.4, -0.2) is 31.2 Å². The Morgan fingerprint density at radius 1 is 1.71 bits per heavy atom. The Morgan fingerprint density at radius 2 is 2.47 bits per heavy atom. The lowest BCUT2D eigenvalue weighted by atomic mass is 10.1. The second-order valence-corrected chi connectivity index (χ2v) is 4.88. The van der Waals surface area contributed by atoms with E-state index in [0.717, 1.165) is 23.3 Å². The van der Waals surface area contributed by atoms with Gasteiger partial charge in [0.05, 0.1) is 29.4 Å². The molecule has 1 unspecified atom stereocenters. The van der Waals surface area contributed by atoms with Crippen molar-refractivity contribution in [1.29, 1.82) is 0 Å². The number of pyridine rings is 1. The van der Waals surface area contributed by atoms with E-state index in [0.29, 0.717) is 12.2 Å². The zero-order valence-corrected chi connectivity index (χ0v) is 11.1. The Kier molecular flexibility index (Phi) is 3.51. The van der Waals surface area contributed by atoms with Crippen molar-refractivity contribution >= 4 is 33.4 Å². The minimum atomic E-state index is -0.154. The molecule has 1 atom stereocenters. The standard InChI is InChI=1S/C11H14BrN3O2/c1-17-11(16)7-2-3-15(6-7)10-9(12)4-8(13)5-14-10/h4-5,7H,2-3,6,13H2,1H3. The average molecular weight is 300 g/mol. The quantitative estimate of drug-likeness (QED) is 0.837. The first-order chi connectivity index (χ1) is 8.11. The summed E-state index contributed by atoms with van der Waals surface area (Å²) >= 11 is 3.43. The first-order valence-corrected chi connectivity index (χ1v) is 6.15. The predicted octanol–water partition coefficient (Wildman–Crippen LogP) is 1.43. The first-order valence-electron chi connectivity index (χ1n) is 5.35. The van der Waals surface area contributed by atoms with E-state index < -0.39 is 0 Å². The lowest BCUT2D eigenvalue weighted by Crippen LogP contribution is -2.24. The van der Waals surface area contributed by atoms with Crippen molar-refractivity contribution in [3.8, 4) is 0 Å². The van der Waals surface area contributed by atoms with Crippen LogP contribution in [-0.2, 0) is 9.53 Å². The van der Waals surface area contributed by atoms with Crippen molar-refractivity contribution in [2.45, 2.75) is 6.42 Å². The molecular formula is C11H14BrN3O2. The fourth-order valence-electron chi connectivity index (χ4n) is 1.99. The molecule has 0 saturated carbocycles. The van der Waals surface area contributed by atoms with Crippen molar-refractivity contribution < 1.29 is 9.53 Å². The Hall–Kier alpha value is -1.30. The minimum Gasteiger partial charge on any atom is -0.469 e. The Balaban J connectivity index is 2.12. The van der Waals surface area contributed by atoms with Crippen LogP contribution in [0.2, 0.25) is 0 Å². The van der Waals surface area contributed by atoms with Crippen LogP contribution in [0.15, 0.2) is 16.7 Å². The van der Waals surface area contributed by atoms with E-state index in [4.69, 9.17) is 10.5 Å². The van der Waals surface area contributed by atoms with Gasteiger partial charge in [0.1, 0.15) is 5.82 Å². The van der Waals surface area contributed by atoms with Crippen LogP contribution < -0.4 is 10.6 Å². The van der Waals surface area contributed by atoms with Gasteiger partial charge >= 0.3 is 5.97 Å². The second kappa shape index (κ2) is 4.91. The maximum absolute atomic E-state index is 11.4. The number of hydrogen-bond donors (Lipinski definition) is 1. The monoisotopic (exact) mass is 299 g/mol. The van der Waals surface area contributed by atoms with E-state index >= 15 is 0 Å². The van der Waals surface area contributed by atoms with E-state index in [1.54, 1.807) is 6.20 Å². The number of hydrogen-bond acceptors (Lipinski definition) is 5. The van der Waals surface area contributed by atoms with Gasteiger partial charge in [-0.1, -0.05) is 0 Å². The van der Waals surface area contributed by atoms with Gasteiger partial charge < -0.3 is 15.4 Å². The third-order valence-electron chi connectivity index (χ3n) is 2.87. The maximum Gasteiger partial charge on any atom is 0.310 e. The van der Waals surface area contributed by atoms with Crippen LogP contribution in [0, 0.1) is 5.92 Å². The summed E-state index contributed by atoms with van der Waals surface area (Å²) < 4.78 is 5.60. The topological polar surface area (TPSA) is 68.5 Å². The van der Waals surface area contributed by atoms with Crippen molar-refractivity contribution in [2.24, 2.45) is 5.92 Å². The molecule has 17 heavy (non-hydrogen) atoms. The molecule has 0 radical (unpaired) electrons. The third kappa shape index (κ3) is 2.52. The molecule has 1 aromatic heterocycles. The zero-order valence-electron chi connectivity index (χ0n) is 9.52. The molecule has 0 amide bonds. The average Bonchev–Trinajstić information content (AvgIpc) is 2.77. The van der Waals surface area contributed by atoms with Gasteiger partial charge in [-0.2, -0.15) is 0 Å². The molecule has 1 saturated heterocycles. The van der Waals surface area contributed by atoms with Gasteiger partial charge in [-0.15, -0.1) is 0 Å². The maximum atomic E-state index is 11.4. The molecule has 1 aliphatic rings. The van der Waals surface area contributed by atoms with Crippen LogP contribution in [0.4, 0.5) is 11.5 Å². The van der Waals surface area contributed by atoms with Gasteiger partial charge in [0.15, 0.2) is 0 Å². The van der Waals surface area contributed by atoms with Crippen molar-refractivity contribution in [3.05, 3.63) is 16.7 Å². The predicted molar refractivity (Wildman–Crippen MR) is 68.7 cm³/mol. The van der Waals surface area contributed by atoms with Gasteiger partial charge in [-0.05, 0) is 28.4 Å². The van der Waals surface area contributed by atoms with E-state index in [9.17, 15) is 4.79 Å². The fourth-order valence-corrected chi connectivity index (χ4v) is 2.61. The van der Waals surface area contributed by atoms with Crippen molar-refractivity contribution in [2.75, 3.05) is 30.8 Å². The molecular weight excluding hydrogens is 286 g/mol. The fraction of sp³-hybridized carbons (Fsp3) is 0.455. The molecule has 92 valence electrons. The Bertz CT molecular complexity index is 439. The first kappa shape index (κ1) is 12.2. The van der Waals surface area contributed by atoms with E-state index in [1.165, 1.54) is 7.11 Å². The highest BCUT2D eigenvalue weighted by molar-refractivity contribution is 9.10. The van der Waals surface area contributed by atoms with Gasteiger partial charge in [0.2, 0.25) is 0 Å². The van der Waals surface area contributed by atoms with E-state index in [-0.39, 0.29) is 11.9 Å². The van der Waals surface area contributed by atoms with E-state index in [1.807, 2.05) is 6.07 Å². The number of esters is 1. The lowest BCUT2D eigenvalue weighted by molar-refractivity contribution is -0.144. The molecule has 1 aromatic rings. The summed E-state index contributed by atoms with van der Waals surface area (Å²) in [6.45, 7) is 1.44. The van der Waals surface area contributed by atoms with Gasteiger partial charge in [-0.3, -0.25) is 4.79 Å². The Morgan fingerprint density at radius 3 is 3.12 bits per heavy atom. The van der Waals surface area contributed by atoms with Crippen LogP contribution in [0.5, 0.6) is 0 Å². The largest absolute Gasteiger partial charge is 0.469 e. The summed E-state index contributed by atoms with van der Waals surface area (Å²) in [4.78, 5) is 17.8. The van der Waals surface area contributed by atoms with Crippen LogP contribution in [0.25, 0.3) is 0 Å². The zero-order chi connectivity index (χ0) is 12.4. The number of carbonyl (C=O) groups is 1. The molecule has 0 aliphatic carbocycles. The number of nitrogen functional groups attached to an aromatic ring is 1. The minimum absolute atomic E-state index is 0.0637. The number of rotatable bonds is 2. The number of anilines is 2. The van der Waals surface area contributed by atoms with E-state index in [2.05, 4.69) is 25.8 Å². The number of nitrogens with zero attached hydrogens (tertiary/aromatic N) is 2. The normalized spacial score (nSPS) is 19.4. The SMILES string of the molecule is COC(=O)C1CCN(c2ncc(N)cc2Br)C1. The molecule has 1 aliphatic heterocycles. The molecule has 5 nitrogen and oxygen atoms in total. The molecule has 0 aromatic carbocycles. The summed E-state index contributed by atoms with van der Waals surface area (Å²) in [5.74, 6) is 0.607. The number of halogens is 1. The van der Waals surface area contributed by atoms with Gasteiger partial charge in [-0.25, -0.2) is 4.98 Å². The van der Waals surface area contributed by atoms with Crippen LogP contribution in [0.3, 0.4) is 0 Å². The molecule has 0 spiro atoms. The highest BCUT2D eigenvalue weighted by Gasteiger charge is 2.30. The molecule has 2 heterocycles. The summed E-state index contributed by atoms with van der Waals surface area (Å²) in [5, 5.41) is 0. The number of carbonyl (C=O) groups excluding carboxylic acids is 1.